The zero-order valence-electron chi connectivity index (χ0n) is 12.1. The van der Waals surface area contributed by atoms with Crippen LogP contribution in [0.3, 0.4) is 0 Å². The van der Waals surface area contributed by atoms with E-state index in [1.54, 1.807) is 12.3 Å². The molecule has 0 spiro atoms. The second-order valence-corrected chi connectivity index (χ2v) is 5.31. The maximum Gasteiger partial charge on any atom is 0.253 e. The summed E-state index contributed by atoms with van der Waals surface area (Å²) in [6.45, 7) is 3.55. The lowest BCUT2D eigenvalue weighted by molar-refractivity contribution is 0.0949. The molecular weight excluding hydrogens is 266 g/mol. The van der Waals surface area contributed by atoms with E-state index in [0.29, 0.717) is 29.6 Å². The third-order valence-electron chi connectivity index (χ3n) is 3.78. The van der Waals surface area contributed by atoms with E-state index in [1.165, 1.54) is 6.42 Å². The Bertz CT molecular complexity index is 616. The van der Waals surface area contributed by atoms with E-state index in [2.05, 4.69) is 15.6 Å². The van der Waals surface area contributed by atoms with E-state index >= 15 is 0 Å². The number of carbonyl (C=O) groups excluding carboxylic acids is 1. The molecular formula is C16H19N3O2. The predicted molar refractivity (Wildman–Crippen MR) is 80.0 cm³/mol. The van der Waals surface area contributed by atoms with Gasteiger partial charge in [0.2, 0.25) is 0 Å². The van der Waals surface area contributed by atoms with Gasteiger partial charge in [0.15, 0.2) is 5.76 Å². The molecule has 21 heavy (non-hydrogen) atoms. The summed E-state index contributed by atoms with van der Waals surface area (Å²) >= 11 is 0. The second-order valence-electron chi connectivity index (χ2n) is 5.31. The zero-order valence-corrected chi connectivity index (χ0v) is 12.1. The summed E-state index contributed by atoms with van der Waals surface area (Å²) in [6, 6.07) is 7.69. The second kappa shape index (κ2) is 6.10. The van der Waals surface area contributed by atoms with E-state index in [0.717, 1.165) is 18.7 Å². The van der Waals surface area contributed by atoms with Gasteiger partial charge in [-0.3, -0.25) is 4.79 Å². The summed E-state index contributed by atoms with van der Waals surface area (Å²) in [4.78, 5) is 16.7. The van der Waals surface area contributed by atoms with E-state index in [1.807, 2.05) is 25.1 Å². The minimum absolute atomic E-state index is 0.0697. The molecule has 0 radical (unpaired) electrons. The Labute approximate surface area is 123 Å². The number of carbonyl (C=O) groups is 1. The van der Waals surface area contributed by atoms with E-state index < -0.39 is 0 Å². The molecule has 1 atom stereocenters. The highest BCUT2D eigenvalue weighted by molar-refractivity contribution is 5.95. The molecule has 1 amide bonds. The molecule has 1 fully saturated rings. The van der Waals surface area contributed by atoms with Gasteiger partial charge in [-0.1, -0.05) is 0 Å². The molecule has 3 rings (SSSR count). The van der Waals surface area contributed by atoms with Crippen molar-refractivity contribution >= 4 is 5.91 Å². The number of nitrogens with zero attached hydrogens (tertiary/aromatic N) is 1. The van der Waals surface area contributed by atoms with Crippen molar-refractivity contribution in [2.75, 3.05) is 13.1 Å². The summed E-state index contributed by atoms with van der Waals surface area (Å²) in [5.41, 5.74) is 2.07. The third kappa shape index (κ3) is 3.13. The van der Waals surface area contributed by atoms with E-state index in [4.69, 9.17) is 4.42 Å². The number of amides is 1. The first-order chi connectivity index (χ1) is 10.2. The Balaban J connectivity index is 1.68. The number of pyridine rings is 1. The van der Waals surface area contributed by atoms with Crippen LogP contribution in [-0.2, 0) is 0 Å². The normalized spacial score (nSPS) is 17.9. The number of rotatable bonds is 4. The fourth-order valence-electron chi connectivity index (χ4n) is 2.60. The molecule has 1 aliphatic heterocycles. The minimum atomic E-state index is -0.0697. The summed E-state index contributed by atoms with van der Waals surface area (Å²) in [6.07, 6.45) is 3.91. The summed E-state index contributed by atoms with van der Waals surface area (Å²) in [5, 5.41) is 6.33. The molecule has 5 heteroatoms. The van der Waals surface area contributed by atoms with Crippen LogP contribution in [-0.4, -0.2) is 30.0 Å². The zero-order chi connectivity index (χ0) is 14.7. The van der Waals surface area contributed by atoms with Gasteiger partial charge in [-0.2, -0.15) is 0 Å². The highest BCUT2D eigenvalue weighted by atomic mass is 16.3. The topological polar surface area (TPSA) is 67.2 Å². The van der Waals surface area contributed by atoms with Crippen molar-refractivity contribution in [2.45, 2.75) is 25.8 Å². The van der Waals surface area contributed by atoms with Crippen molar-refractivity contribution < 1.29 is 9.21 Å². The van der Waals surface area contributed by atoms with E-state index in [-0.39, 0.29) is 5.91 Å². The SMILES string of the molecule is Cc1nc(-c2ccco2)ccc1C(=O)NCC1CCCN1. The van der Waals surface area contributed by atoms with Crippen LogP contribution in [0.5, 0.6) is 0 Å². The number of aryl methyl sites for hydroxylation is 1. The lowest BCUT2D eigenvalue weighted by atomic mass is 10.1. The molecule has 0 aliphatic carbocycles. The van der Waals surface area contributed by atoms with Gasteiger partial charge in [-0.05, 0) is 50.6 Å². The Hall–Kier alpha value is -2.14. The Morgan fingerprint density at radius 1 is 1.48 bits per heavy atom. The Morgan fingerprint density at radius 2 is 2.38 bits per heavy atom. The van der Waals surface area contributed by atoms with Crippen LogP contribution in [0.4, 0.5) is 0 Å². The highest BCUT2D eigenvalue weighted by Gasteiger charge is 2.17. The number of furan rings is 1. The number of hydrogen-bond donors (Lipinski definition) is 2. The molecule has 1 aliphatic rings. The summed E-state index contributed by atoms with van der Waals surface area (Å²) in [5.74, 6) is 0.639. The van der Waals surface area contributed by atoms with Crippen molar-refractivity contribution in [2.24, 2.45) is 0 Å². The van der Waals surface area contributed by atoms with Gasteiger partial charge >= 0.3 is 0 Å². The Kier molecular flexibility index (Phi) is 4.01. The lowest BCUT2D eigenvalue weighted by Crippen LogP contribution is -2.37. The molecule has 2 aromatic rings. The average molecular weight is 285 g/mol. The minimum Gasteiger partial charge on any atom is -0.463 e. The van der Waals surface area contributed by atoms with Gasteiger partial charge in [0.1, 0.15) is 5.69 Å². The first-order valence-electron chi connectivity index (χ1n) is 7.27. The van der Waals surface area contributed by atoms with Crippen LogP contribution in [0.15, 0.2) is 34.9 Å². The molecule has 0 aromatic carbocycles. The van der Waals surface area contributed by atoms with Gasteiger partial charge in [-0.15, -0.1) is 0 Å². The molecule has 3 heterocycles. The van der Waals surface area contributed by atoms with Gasteiger partial charge in [0.25, 0.3) is 5.91 Å². The quantitative estimate of drug-likeness (QED) is 0.903. The van der Waals surface area contributed by atoms with Crippen molar-refractivity contribution in [3.05, 3.63) is 41.8 Å². The predicted octanol–water partition coefficient (Wildman–Crippen LogP) is 2.13. The maximum absolute atomic E-state index is 12.2. The number of hydrogen-bond acceptors (Lipinski definition) is 4. The first kappa shape index (κ1) is 13.8. The van der Waals surface area contributed by atoms with Gasteiger partial charge in [0, 0.05) is 12.6 Å². The van der Waals surface area contributed by atoms with E-state index in [9.17, 15) is 4.79 Å². The van der Waals surface area contributed by atoms with Crippen molar-refractivity contribution in [1.82, 2.24) is 15.6 Å². The van der Waals surface area contributed by atoms with Gasteiger partial charge in [0.05, 0.1) is 17.5 Å². The highest BCUT2D eigenvalue weighted by Crippen LogP contribution is 2.19. The van der Waals surface area contributed by atoms with Crippen molar-refractivity contribution in [1.29, 1.82) is 0 Å². The molecule has 1 saturated heterocycles. The molecule has 1 unspecified atom stereocenters. The summed E-state index contributed by atoms with van der Waals surface area (Å²) in [7, 11) is 0. The standard InChI is InChI=1S/C16H19N3O2/c1-11-13(16(20)18-10-12-4-2-8-17-12)6-7-14(19-11)15-5-3-9-21-15/h3,5-7,9,12,17H,2,4,8,10H2,1H3,(H,18,20). The fourth-order valence-corrected chi connectivity index (χ4v) is 2.60. The monoisotopic (exact) mass is 285 g/mol. The molecule has 0 saturated carbocycles. The van der Waals surface area contributed by atoms with Crippen LogP contribution in [0.2, 0.25) is 0 Å². The molecule has 110 valence electrons. The molecule has 0 bridgehead atoms. The fraction of sp³-hybridized carbons (Fsp3) is 0.375. The molecule has 2 N–H and O–H groups in total. The smallest absolute Gasteiger partial charge is 0.253 e. The van der Waals surface area contributed by atoms with Crippen LogP contribution in [0.1, 0.15) is 28.9 Å². The Morgan fingerprint density at radius 3 is 3.05 bits per heavy atom. The molecule has 2 aromatic heterocycles. The number of nitrogens with one attached hydrogen (secondary N) is 2. The number of aromatic nitrogens is 1. The average Bonchev–Trinajstić information content (AvgIpc) is 3.18. The summed E-state index contributed by atoms with van der Waals surface area (Å²) < 4.78 is 5.32. The van der Waals surface area contributed by atoms with Crippen LogP contribution in [0, 0.1) is 6.92 Å². The third-order valence-corrected chi connectivity index (χ3v) is 3.78. The van der Waals surface area contributed by atoms with Crippen LogP contribution in [0.25, 0.3) is 11.5 Å². The lowest BCUT2D eigenvalue weighted by Gasteiger charge is -2.12. The van der Waals surface area contributed by atoms with Gasteiger partial charge in [-0.25, -0.2) is 4.98 Å². The van der Waals surface area contributed by atoms with Gasteiger partial charge < -0.3 is 15.1 Å². The van der Waals surface area contributed by atoms with Crippen LogP contribution < -0.4 is 10.6 Å². The maximum atomic E-state index is 12.2. The van der Waals surface area contributed by atoms with Crippen molar-refractivity contribution in [3.8, 4) is 11.5 Å². The largest absolute Gasteiger partial charge is 0.463 e. The van der Waals surface area contributed by atoms with Crippen molar-refractivity contribution in [3.63, 3.8) is 0 Å². The van der Waals surface area contributed by atoms with Crippen LogP contribution >= 0.6 is 0 Å². The molecule has 5 nitrogen and oxygen atoms in total. The first-order valence-corrected chi connectivity index (χ1v) is 7.27.